The van der Waals surface area contributed by atoms with Gasteiger partial charge in [0.05, 0.1) is 5.82 Å². The molecular weight excluding hydrogens is 270 g/mol. The summed E-state index contributed by atoms with van der Waals surface area (Å²) in [7, 11) is 0. The monoisotopic (exact) mass is 293 g/mol. The van der Waals surface area contributed by atoms with Crippen molar-refractivity contribution >= 4 is 5.69 Å². The molecule has 0 unspecified atom stereocenters. The zero-order chi connectivity index (χ0) is 15.4. The van der Waals surface area contributed by atoms with Crippen molar-refractivity contribution in [1.82, 2.24) is 5.32 Å². The van der Waals surface area contributed by atoms with Crippen molar-refractivity contribution in [2.45, 2.75) is 13.5 Å². The van der Waals surface area contributed by atoms with Gasteiger partial charge in [0.25, 0.3) is 0 Å². The van der Waals surface area contributed by atoms with Gasteiger partial charge in [-0.15, -0.1) is 0 Å². The Hall–Kier alpha value is -2.42. The van der Waals surface area contributed by atoms with Crippen molar-refractivity contribution in [2.75, 3.05) is 18.0 Å². The maximum Gasteiger partial charge on any atom is 0.0923 e. The first-order chi connectivity index (χ1) is 10.7. The number of nitrogens with zero attached hydrogens (tertiary/aromatic N) is 1. The van der Waals surface area contributed by atoms with Crippen LogP contribution in [-0.2, 0) is 6.54 Å². The average Bonchev–Trinajstić information content (AvgIpc) is 2.94. The van der Waals surface area contributed by atoms with E-state index in [0.717, 1.165) is 25.5 Å². The molecular formula is C19H23N3. The summed E-state index contributed by atoms with van der Waals surface area (Å²) in [4.78, 5) is 2.43. The maximum absolute atomic E-state index is 5.84. The molecule has 1 atom stereocenters. The van der Waals surface area contributed by atoms with E-state index in [1.807, 2.05) is 0 Å². The summed E-state index contributed by atoms with van der Waals surface area (Å²) in [6.07, 6.45) is 2.13. The summed E-state index contributed by atoms with van der Waals surface area (Å²) >= 11 is 0. The van der Waals surface area contributed by atoms with Crippen LogP contribution in [0.3, 0.4) is 0 Å². The molecule has 3 nitrogen and oxygen atoms in total. The highest BCUT2D eigenvalue weighted by molar-refractivity contribution is 5.48. The van der Waals surface area contributed by atoms with Crippen LogP contribution < -0.4 is 16.0 Å². The molecule has 1 aliphatic heterocycles. The summed E-state index contributed by atoms with van der Waals surface area (Å²) < 4.78 is 0. The number of hydrogen-bond donors (Lipinski definition) is 2. The Balaban J connectivity index is 1.80. The standard InChI is InChI=1S/C19H23N3/c1-15-7-9-18(10-8-15)22(13-16-5-3-2-4-6-16)14-17-11-19(20)21-12-17/h2-11,17,21H,12-14,20H2,1H3/t17-/m0/s1. The normalized spacial score (nSPS) is 17.0. The Kier molecular flexibility index (Phi) is 4.33. The molecule has 2 aromatic carbocycles. The molecule has 22 heavy (non-hydrogen) atoms. The molecule has 0 bridgehead atoms. The van der Waals surface area contributed by atoms with Crippen LogP contribution in [0.15, 0.2) is 66.5 Å². The first-order valence-electron chi connectivity index (χ1n) is 7.77. The minimum atomic E-state index is 0.449. The van der Waals surface area contributed by atoms with Crippen LogP contribution in [-0.4, -0.2) is 13.1 Å². The molecule has 1 aliphatic rings. The van der Waals surface area contributed by atoms with Gasteiger partial charge in [0.15, 0.2) is 0 Å². The van der Waals surface area contributed by atoms with Gasteiger partial charge in [-0.05, 0) is 30.7 Å². The third-order valence-corrected chi connectivity index (χ3v) is 4.05. The van der Waals surface area contributed by atoms with Gasteiger partial charge in [0.1, 0.15) is 0 Å². The molecule has 1 heterocycles. The van der Waals surface area contributed by atoms with Gasteiger partial charge < -0.3 is 16.0 Å². The molecule has 0 aliphatic carbocycles. The Morgan fingerprint density at radius 3 is 2.45 bits per heavy atom. The van der Waals surface area contributed by atoms with Gasteiger partial charge in [0, 0.05) is 31.2 Å². The fourth-order valence-corrected chi connectivity index (χ4v) is 2.84. The van der Waals surface area contributed by atoms with E-state index in [2.05, 4.69) is 77.8 Å². The van der Waals surface area contributed by atoms with E-state index in [4.69, 9.17) is 5.73 Å². The van der Waals surface area contributed by atoms with Gasteiger partial charge in [-0.3, -0.25) is 0 Å². The molecule has 0 saturated heterocycles. The number of aryl methyl sites for hydroxylation is 1. The molecule has 2 aromatic rings. The molecule has 0 fully saturated rings. The topological polar surface area (TPSA) is 41.3 Å². The molecule has 0 radical (unpaired) electrons. The van der Waals surface area contributed by atoms with Crippen LogP contribution in [0.25, 0.3) is 0 Å². The third kappa shape index (κ3) is 3.61. The summed E-state index contributed by atoms with van der Waals surface area (Å²) in [6, 6.07) is 19.4. The first kappa shape index (κ1) is 14.5. The van der Waals surface area contributed by atoms with E-state index in [1.54, 1.807) is 0 Å². The second-order valence-corrected chi connectivity index (χ2v) is 5.96. The van der Waals surface area contributed by atoms with Gasteiger partial charge in [0.2, 0.25) is 0 Å². The van der Waals surface area contributed by atoms with Crippen LogP contribution in [0.5, 0.6) is 0 Å². The molecule has 3 N–H and O–H groups in total. The predicted octanol–water partition coefficient (Wildman–Crippen LogP) is 3.02. The van der Waals surface area contributed by atoms with Crippen LogP contribution in [0, 0.1) is 12.8 Å². The Bertz CT molecular complexity index is 631. The van der Waals surface area contributed by atoms with Gasteiger partial charge in [-0.1, -0.05) is 48.0 Å². The van der Waals surface area contributed by atoms with Crippen LogP contribution in [0.4, 0.5) is 5.69 Å². The third-order valence-electron chi connectivity index (χ3n) is 4.05. The molecule has 0 saturated carbocycles. The zero-order valence-electron chi connectivity index (χ0n) is 13.0. The van der Waals surface area contributed by atoms with Gasteiger partial charge in [-0.25, -0.2) is 0 Å². The highest BCUT2D eigenvalue weighted by atomic mass is 15.1. The second kappa shape index (κ2) is 6.56. The van der Waals surface area contributed by atoms with Gasteiger partial charge in [-0.2, -0.15) is 0 Å². The minimum Gasteiger partial charge on any atom is -0.386 e. The molecule has 0 amide bonds. The lowest BCUT2D eigenvalue weighted by atomic mass is 10.1. The summed E-state index contributed by atoms with van der Waals surface area (Å²) in [6.45, 7) is 4.92. The van der Waals surface area contributed by atoms with Crippen molar-refractivity contribution < 1.29 is 0 Å². The quantitative estimate of drug-likeness (QED) is 0.890. The lowest BCUT2D eigenvalue weighted by Crippen LogP contribution is -2.30. The number of benzene rings is 2. The molecule has 3 rings (SSSR count). The van der Waals surface area contributed by atoms with Crippen LogP contribution >= 0.6 is 0 Å². The SMILES string of the molecule is Cc1ccc(N(Cc2ccccc2)C[C@H]2C=C(N)NC2)cc1. The van der Waals surface area contributed by atoms with E-state index >= 15 is 0 Å². The molecule has 3 heteroatoms. The molecule has 0 spiro atoms. The fourth-order valence-electron chi connectivity index (χ4n) is 2.84. The number of rotatable bonds is 5. The van der Waals surface area contributed by atoms with Crippen molar-refractivity contribution in [1.29, 1.82) is 0 Å². The highest BCUT2D eigenvalue weighted by Crippen LogP contribution is 2.21. The maximum atomic E-state index is 5.84. The van der Waals surface area contributed by atoms with Crippen molar-refractivity contribution in [3.63, 3.8) is 0 Å². The summed E-state index contributed by atoms with van der Waals surface area (Å²) in [5.41, 5.74) is 9.71. The zero-order valence-corrected chi connectivity index (χ0v) is 13.0. The van der Waals surface area contributed by atoms with Crippen molar-refractivity contribution in [3.8, 4) is 0 Å². The largest absolute Gasteiger partial charge is 0.386 e. The first-order valence-corrected chi connectivity index (χ1v) is 7.77. The summed E-state index contributed by atoms with van der Waals surface area (Å²) in [5.74, 6) is 1.25. The van der Waals surface area contributed by atoms with E-state index in [-0.39, 0.29) is 0 Å². The van der Waals surface area contributed by atoms with Crippen LogP contribution in [0.2, 0.25) is 0 Å². The van der Waals surface area contributed by atoms with E-state index in [0.29, 0.717) is 5.92 Å². The number of nitrogens with two attached hydrogens (primary N) is 1. The predicted molar refractivity (Wildman–Crippen MR) is 92.4 cm³/mol. The molecule has 0 aromatic heterocycles. The highest BCUT2D eigenvalue weighted by Gasteiger charge is 2.18. The van der Waals surface area contributed by atoms with E-state index in [9.17, 15) is 0 Å². The Morgan fingerprint density at radius 1 is 1.09 bits per heavy atom. The number of anilines is 1. The van der Waals surface area contributed by atoms with Crippen molar-refractivity contribution in [2.24, 2.45) is 11.7 Å². The number of nitrogens with one attached hydrogen (secondary N) is 1. The van der Waals surface area contributed by atoms with Crippen molar-refractivity contribution in [3.05, 3.63) is 77.6 Å². The fraction of sp³-hybridized carbons (Fsp3) is 0.263. The smallest absolute Gasteiger partial charge is 0.0923 e. The van der Waals surface area contributed by atoms with E-state index < -0.39 is 0 Å². The number of hydrogen-bond acceptors (Lipinski definition) is 3. The minimum absolute atomic E-state index is 0.449. The Labute approximate surface area is 132 Å². The van der Waals surface area contributed by atoms with E-state index in [1.165, 1.54) is 16.8 Å². The summed E-state index contributed by atoms with van der Waals surface area (Å²) in [5, 5.41) is 3.21. The molecule has 114 valence electrons. The average molecular weight is 293 g/mol. The van der Waals surface area contributed by atoms with Gasteiger partial charge >= 0.3 is 0 Å². The lowest BCUT2D eigenvalue weighted by Gasteiger charge is -2.27. The Morgan fingerprint density at radius 2 is 1.82 bits per heavy atom. The lowest BCUT2D eigenvalue weighted by molar-refractivity contribution is 0.615. The van der Waals surface area contributed by atoms with Crippen LogP contribution in [0.1, 0.15) is 11.1 Å². The second-order valence-electron chi connectivity index (χ2n) is 5.96.